The summed E-state index contributed by atoms with van der Waals surface area (Å²) in [5.74, 6) is -0.217. The van der Waals surface area contributed by atoms with Crippen LogP contribution in [0.4, 0.5) is 5.69 Å². The predicted octanol–water partition coefficient (Wildman–Crippen LogP) is 2.88. The average Bonchev–Trinajstić information content (AvgIpc) is 2.89. The third-order valence-electron chi connectivity index (χ3n) is 3.91. The Morgan fingerprint density at radius 2 is 1.84 bits per heavy atom. The monoisotopic (exact) mass is 358 g/mol. The molecule has 1 heterocycles. The number of rotatable bonds is 4. The molecule has 0 radical (unpaired) electrons. The second-order valence-electron chi connectivity index (χ2n) is 6.01. The van der Waals surface area contributed by atoms with Gasteiger partial charge < -0.3 is 9.73 Å². The van der Waals surface area contributed by atoms with Crippen molar-refractivity contribution in [3.63, 3.8) is 0 Å². The number of nitrogens with two attached hydrogens (primary N) is 1. The van der Waals surface area contributed by atoms with Crippen LogP contribution < -0.4 is 10.5 Å². The first-order valence-corrected chi connectivity index (χ1v) is 9.19. The molecular formula is C18H18N2O4S. The highest BCUT2D eigenvalue weighted by molar-refractivity contribution is 7.89. The molecule has 3 N–H and O–H groups in total. The number of amides is 1. The maximum atomic E-state index is 12.3. The van der Waals surface area contributed by atoms with Crippen molar-refractivity contribution >= 4 is 32.6 Å². The summed E-state index contributed by atoms with van der Waals surface area (Å²) in [7, 11) is -3.75. The van der Waals surface area contributed by atoms with Crippen LogP contribution in [0.5, 0.6) is 0 Å². The van der Waals surface area contributed by atoms with Crippen LogP contribution in [0.3, 0.4) is 0 Å². The fourth-order valence-corrected chi connectivity index (χ4v) is 3.38. The molecule has 3 rings (SSSR count). The lowest BCUT2D eigenvalue weighted by Crippen LogP contribution is -2.15. The van der Waals surface area contributed by atoms with Gasteiger partial charge in [-0.2, -0.15) is 0 Å². The first-order valence-electron chi connectivity index (χ1n) is 7.64. The zero-order valence-corrected chi connectivity index (χ0v) is 14.7. The molecule has 0 unspecified atom stereocenters. The van der Waals surface area contributed by atoms with Crippen LogP contribution in [0.25, 0.3) is 11.0 Å². The molecular weight excluding hydrogens is 340 g/mol. The lowest BCUT2D eigenvalue weighted by molar-refractivity contribution is -0.115. The number of furan rings is 1. The minimum absolute atomic E-state index is 0.00248. The van der Waals surface area contributed by atoms with Crippen LogP contribution in [0, 0.1) is 13.8 Å². The highest BCUT2D eigenvalue weighted by atomic mass is 32.2. The zero-order chi connectivity index (χ0) is 18.2. The van der Waals surface area contributed by atoms with Crippen LogP contribution in [-0.2, 0) is 21.2 Å². The summed E-state index contributed by atoms with van der Waals surface area (Å²) in [6.45, 7) is 3.98. The summed E-state index contributed by atoms with van der Waals surface area (Å²) in [6, 6.07) is 9.69. The Bertz CT molecular complexity index is 1050. The molecule has 130 valence electrons. The van der Waals surface area contributed by atoms with Crippen LogP contribution in [0.2, 0.25) is 0 Å². The summed E-state index contributed by atoms with van der Waals surface area (Å²) in [5.41, 5.74) is 4.23. The Morgan fingerprint density at radius 3 is 2.48 bits per heavy atom. The summed E-state index contributed by atoms with van der Waals surface area (Å²) in [4.78, 5) is 12.3. The minimum atomic E-state index is -3.75. The van der Waals surface area contributed by atoms with Crippen LogP contribution >= 0.6 is 0 Å². The van der Waals surface area contributed by atoms with E-state index in [1.165, 1.54) is 24.3 Å². The normalized spacial score (nSPS) is 11.6. The Kier molecular flexibility index (Phi) is 4.36. The molecule has 1 aromatic heterocycles. The number of sulfonamides is 1. The zero-order valence-electron chi connectivity index (χ0n) is 13.9. The Labute approximate surface area is 145 Å². The molecule has 0 saturated carbocycles. The first-order chi connectivity index (χ1) is 11.7. The Hall–Kier alpha value is -2.64. The molecule has 0 saturated heterocycles. The molecule has 0 aliphatic rings. The maximum Gasteiger partial charge on any atom is 0.238 e. The van der Waals surface area contributed by atoms with Crippen molar-refractivity contribution in [2.24, 2.45) is 5.14 Å². The van der Waals surface area contributed by atoms with Gasteiger partial charge in [-0.1, -0.05) is 6.07 Å². The van der Waals surface area contributed by atoms with Crippen molar-refractivity contribution in [2.45, 2.75) is 25.2 Å². The molecule has 0 bridgehead atoms. The van der Waals surface area contributed by atoms with E-state index in [4.69, 9.17) is 9.56 Å². The number of nitrogens with one attached hydrogen (secondary N) is 1. The lowest BCUT2D eigenvalue weighted by Gasteiger charge is -2.06. The van der Waals surface area contributed by atoms with E-state index >= 15 is 0 Å². The smallest absolute Gasteiger partial charge is 0.238 e. The molecule has 6 nitrogen and oxygen atoms in total. The van der Waals surface area contributed by atoms with Crippen molar-refractivity contribution in [2.75, 3.05) is 5.32 Å². The standard InChI is InChI=1S/C18H18N2O4S/c1-11-7-12(2)18-13(10-24-16(18)8-11)9-17(21)20-14-3-5-15(6-4-14)25(19,22)23/h3-8,10H,9H2,1-2H3,(H,20,21)(H2,19,22,23). The second kappa shape index (κ2) is 6.34. The third-order valence-corrected chi connectivity index (χ3v) is 4.84. The van der Waals surface area contributed by atoms with Gasteiger partial charge in [0, 0.05) is 16.6 Å². The number of carbonyl (C=O) groups is 1. The molecule has 0 atom stereocenters. The summed E-state index contributed by atoms with van der Waals surface area (Å²) >= 11 is 0. The highest BCUT2D eigenvalue weighted by Crippen LogP contribution is 2.27. The van der Waals surface area contributed by atoms with Gasteiger partial charge in [0.25, 0.3) is 0 Å². The molecule has 1 amide bonds. The number of benzene rings is 2. The molecule has 0 aliphatic heterocycles. The van der Waals surface area contributed by atoms with Gasteiger partial charge >= 0.3 is 0 Å². The average molecular weight is 358 g/mol. The molecule has 0 fully saturated rings. The van der Waals surface area contributed by atoms with E-state index in [1.807, 2.05) is 26.0 Å². The second-order valence-corrected chi connectivity index (χ2v) is 7.57. The predicted molar refractivity (Wildman–Crippen MR) is 95.8 cm³/mol. The number of carbonyl (C=O) groups excluding carboxylic acids is 1. The first kappa shape index (κ1) is 17.2. The van der Waals surface area contributed by atoms with E-state index in [0.717, 1.165) is 27.7 Å². The van der Waals surface area contributed by atoms with Gasteiger partial charge in [0.05, 0.1) is 17.6 Å². The molecule has 7 heteroatoms. The topological polar surface area (TPSA) is 102 Å². The molecule has 0 aliphatic carbocycles. The summed E-state index contributed by atoms with van der Waals surface area (Å²) in [5, 5.41) is 8.74. The fraction of sp³-hybridized carbons (Fsp3) is 0.167. The minimum Gasteiger partial charge on any atom is -0.464 e. The summed E-state index contributed by atoms with van der Waals surface area (Å²) < 4.78 is 28.0. The SMILES string of the molecule is Cc1cc(C)c2c(CC(=O)Nc3ccc(S(N)(=O)=O)cc3)coc2c1. The number of fused-ring (bicyclic) bond motifs is 1. The van der Waals surface area contributed by atoms with Gasteiger partial charge in [0.15, 0.2) is 0 Å². The van der Waals surface area contributed by atoms with E-state index in [2.05, 4.69) is 5.32 Å². The highest BCUT2D eigenvalue weighted by Gasteiger charge is 2.13. The number of hydrogen-bond acceptors (Lipinski definition) is 4. The Balaban J connectivity index is 1.77. The van der Waals surface area contributed by atoms with Crippen LogP contribution in [0.15, 0.2) is 52.0 Å². The quantitative estimate of drug-likeness (QED) is 0.748. The van der Waals surface area contributed by atoms with Gasteiger partial charge in [0.1, 0.15) is 5.58 Å². The van der Waals surface area contributed by atoms with Crippen LogP contribution in [-0.4, -0.2) is 14.3 Å². The van der Waals surface area contributed by atoms with Gasteiger partial charge in [-0.15, -0.1) is 0 Å². The molecule has 25 heavy (non-hydrogen) atoms. The van der Waals surface area contributed by atoms with Gasteiger partial charge in [-0.25, -0.2) is 13.6 Å². The van der Waals surface area contributed by atoms with Crippen molar-refractivity contribution in [3.05, 3.63) is 59.4 Å². The van der Waals surface area contributed by atoms with E-state index in [0.29, 0.717) is 5.69 Å². The molecule has 2 aromatic carbocycles. The third kappa shape index (κ3) is 3.72. The van der Waals surface area contributed by atoms with Crippen molar-refractivity contribution in [1.29, 1.82) is 0 Å². The molecule has 0 spiro atoms. The fourth-order valence-electron chi connectivity index (χ4n) is 2.86. The Morgan fingerprint density at radius 1 is 1.16 bits per heavy atom. The summed E-state index contributed by atoms with van der Waals surface area (Å²) in [6.07, 6.45) is 1.76. The maximum absolute atomic E-state index is 12.3. The molecule has 3 aromatic rings. The van der Waals surface area contributed by atoms with Gasteiger partial charge in [0.2, 0.25) is 15.9 Å². The number of aryl methyl sites for hydroxylation is 2. The van der Waals surface area contributed by atoms with E-state index in [-0.39, 0.29) is 17.2 Å². The van der Waals surface area contributed by atoms with Crippen LogP contribution in [0.1, 0.15) is 16.7 Å². The number of anilines is 1. The largest absolute Gasteiger partial charge is 0.464 e. The van der Waals surface area contributed by atoms with Crippen molar-refractivity contribution in [1.82, 2.24) is 0 Å². The van der Waals surface area contributed by atoms with E-state index < -0.39 is 10.0 Å². The lowest BCUT2D eigenvalue weighted by atomic mass is 10.0. The van der Waals surface area contributed by atoms with Crippen molar-refractivity contribution in [3.8, 4) is 0 Å². The van der Waals surface area contributed by atoms with E-state index in [1.54, 1.807) is 6.26 Å². The number of primary sulfonamides is 1. The number of hydrogen-bond donors (Lipinski definition) is 2. The van der Waals surface area contributed by atoms with Crippen molar-refractivity contribution < 1.29 is 17.6 Å². The van der Waals surface area contributed by atoms with Gasteiger partial charge in [-0.3, -0.25) is 4.79 Å². The van der Waals surface area contributed by atoms with E-state index in [9.17, 15) is 13.2 Å². The van der Waals surface area contributed by atoms with Gasteiger partial charge in [-0.05, 0) is 55.3 Å².